The molecule has 1 saturated heterocycles. The van der Waals surface area contributed by atoms with E-state index in [9.17, 15) is 13.2 Å². The van der Waals surface area contributed by atoms with Gasteiger partial charge >= 0.3 is 6.18 Å². The first-order valence-electron chi connectivity index (χ1n) is 11.7. The van der Waals surface area contributed by atoms with E-state index in [1.54, 1.807) is 0 Å². The highest BCUT2D eigenvalue weighted by molar-refractivity contribution is 5.96. The molecule has 2 aliphatic heterocycles. The number of aromatic nitrogens is 2. The summed E-state index contributed by atoms with van der Waals surface area (Å²) in [6, 6.07) is 9.34. The zero-order valence-electron chi connectivity index (χ0n) is 18.8. The van der Waals surface area contributed by atoms with Crippen molar-refractivity contribution in [3.05, 3.63) is 53.3 Å². The van der Waals surface area contributed by atoms with Crippen LogP contribution in [0.25, 0.3) is 11.0 Å². The van der Waals surface area contributed by atoms with Crippen molar-refractivity contribution in [1.82, 2.24) is 9.97 Å². The van der Waals surface area contributed by atoms with Gasteiger partial charge in [-0.05, 0) is 44.0 Å². The molecule has 34 heavy (non-hydrogen) atoms. The molecule has 0 bridgehead atoms. The summed E-state index contributed by atoms with van der Waals surface area (Å²) in [5.41, 5.74) is 3.60. The van der Waals surface area contributed by atoms with Gasteiger partial charge in [0.15, 0.2) is 19.7 Å². The number of fused-ring (bicyclic) bond motifs is 2. The second-order valence-corrected chi connectivity index (χ2v) is 9.33. The number of ether oxygens (including phenoxy) is 2. The third-order valence-corrected chi connectivity index (χ3v) is 6.80. The van der Waals surface area contributed by atoms with Crippen LogP contribution in [0.15, 0.2) is 36.4 Å². The average Bonchev–Trinajstić information content (AvgIpc) is 3.57. The quantitative estimate of drug-likeness (QED) is 0.535. The summed E-state index contributed by atoms with van der Waals surface area (Å²) >= 11 is 0. The molecular weight excluding hydrogens is 445 g/mol. The predicted octanol–water partition coefficient (Wildman–Crippen LogP) is 4.88. The summed E-state index contributed by atoms with van der Waals surface area (Å²) < 4.78 is 53.9. The van der Waals surface area contributed by atoms with Gasteiger partial charge in [-0.3, -0.25) is 0 Å². The lowest BCUT2D eigenvalue weighted by atomic mass is 9.95. The van der Waals surface area contributed by atoms with Crippen molar-refractivity contribution in [1.29, 1.82) is 0 Å². The van der Waals surface area contributed by atoms with Gasteiger partial charge in [0.25, 0.3) is 0 Å². The van der Waals surface area contributed by atoms with Crippen molar-refractivity contribution in [3.63, 3.8) is 0 Å². The van der Waals surface area contributed by atoms with Crippen LogP contribution in [0.3, 0.4) is 0 Å². The van der Waals surface area contributed by atoms with Gasteiger partial charge in [0.1, 0.15) is 35.8 Å². The van der Waals surface area contributed by atoms with E-state index in [-0.39, 0.29) is 24.5 Å². The second-order valence-electron chi connectivity index (χ2n) is 9.33. The Kier molecular flexibility index (Phi) is 5.05. The molecule has 0 amide bonds. The van der Waals surface area contributed by atoms with Crippen LogP contribution in [0.2, 0.25) is 0 Å². The van der Waals surface area contributed by atoms with E-state index in [1.165, 1.54) is 6.07 Å². The number of para-hydroxylation sites is 1. The van der Waals surface area contributed by atoms with Crippen molar-refractivity contribution >= 4 is 22.4 Å². The van der Waals surface area contributed by atoms with Crippen molar-refractivity contribution in [3.8, 4) is 5.75 Å². The van der Waals surface area contributed by atoms with Crippen molar-refractivity contribution < 1.29 is 27.2 Å². The molecule has 2 aromatic carbocycles. The molecule has 6 rings (SSSR count). The van der Waals surface area contributed by atoms with Gasteiger partial charge in [0.05, 0.1) is 16.8 Å². The highest BCUT2D eigenvalue weighted by atomic mass is 19.4. The summed E-state index contributed by atoms with van der Waals surface area (Å²) in [6.07, 6.45) is -2.08. The van der Waals surface area contributed by atoms with Crippen LogP contribution in [0.5, 0.6) is 5.75 Å². The number of H-pyrrole nitrogens is 1. The molecule has 178 valence electrons. The SMILES string of the molecule is C[C@@H]1C[N+](=C2COc3cc(C(F)(F)F)ccc3[C@@H]2Nc2cccc3[nH]c(C4CC4)nc23)CCO1. The molecule has 0 spiro atoms. The molecule has 1 aromatic heterocycles. The van der Waals surface area contributed by atoms with E-state index in [4.69, 9.17) is 14.5 Å². The number of hydrogen-bond acceptors (Lipinski definition) is 4. The van der Waals surface area contributed by atoms with E-state index < -0.39 is 11.7 Å². The Balaban J connectivity index is 1.44. The molecule has 3 aliphatic rings. The lowest BCUT2D eigenvalue weighted by Gasteiger charge is -2.30. The molecule has 9 heteroatoms. The number of benzene rings is 2. The van der Waals surface area contributed by atoms with Gasteiger partial charge in [0.2, 0.25) is 5.71 Å². The third kappa shape index (κ3) is 3.91. The molecule has 1 aliphatic carbocycles. The van der Waals surface area contributed by atoms with Gasteiger partial charge in [0, 0.05) is 11.5 Å². The fourth-order valence-corrected chi connectivity index (χ4v) is 4.88. The number of hydrogen-bond donors (Lipinski definition) is 2. The van der Waals surface area contributed by atoms with E-state index in [0.29, 0.717) is 31.2 Å². The van der Waals surface area contributed by atoms with Crippen LogP contribution in [-0.4, -0.2) is 52.7 Å². The maximum Gasteiger partial charge on any atom is 0.416 e. The number of nitrogens with one attached hydrogen (secondary N) is 2. The molecule has 1 saturated carbocycles. The summed E-state index contributed by atoms with van der Waals surface area (Å²) in [6.45, 7) is 4.23. The fraction of sp³-hybridized carbons (Fsp3) is 0.440. The smallest absolute Gasteiger partial charge is 0.416 e. The van der Waals surface area contributed by atoms with Crippen molar-refractivity contribution in [2.45, 2.75) is 44.0 Å². The van der Waals surface area contributed by atoms with Crippen LogP contribution in [0.4, 0.5) is 18.9 Å². The van der Waals surface area contributed by atoms with Crippen LogP contribution in [-0.2, 0) is 10.9 Å². The van der Waals surface area contributed by atoms with Crippen molar-refractivity contribution in [2.24, 2.45) is 0 Å². The molecule has 2 atom stereocenters. The summed E-state index contributed by atoms with van der Waals surface area (Å²) in [7, 11) is 0. The highest BCUT2D eigenvalue weighted by Gasteiger charge is 2.39. The lowest BCUT2D eigenvalue weighted by molar-refractivity contribution is -0.560. The second kappa shape index (κ2) is 8.01. The van der Waals surface area contributed by atoms with E-state index in [2.05, 4.69) is 14.9 Å². The molecule has 2 fully saturated rings. The normalized spacial score (nSPS) is 25.2. The summed E-state index contributed by atoms with van der Waals surface area (Å²) in [4.78, 5) is 8.28. The number of halogens is 3. The first kappa shape index (κ1) is 21.5. The molecule has 2 N–H and O–H groups in total. The molecule has 3 heterocycles. The first-order valence-corrected chi connectivity index (χ1v) is 11.7. The predicted molar refractivity (Wildman–Crippen MR) is 122 cm³/mol. The van der Waals surface area contributed by atoms with Crippen LogP contribution >= 0.6 is 0 Å². The number of nitrogens with zero attached hydrogens (tertiary/aromatic N) is 2. The maximum absolute atomic E-state index is 13.3. The summed E-state index contributed by atoms with van der Waals surface area (Å²) in [5, 5.41) is 3.61. The van der Waals surface area contributed by atoms with Crippen LogP contribution < -0.4 is 10.1 Å². The fourth-order valence-electron chi connectivity index (χ4n) is 4.88. The van der Waals surface area contributed by atoms with E-state index in [0.717, 1.165) is 53.2 Å². The Bertz CT molecular complexity index is 1280. The topological polar surface area (TPSA) is 62.2 Å². The molecule has 6 nitrogen and oxygen atoms in total. The number of anilines is 1. The molecule has 3 aromatic rings. The Morgan fingerprint density at radius 2 is 2.03 bits per heavy atom. The van der Waals surface area contributed by atoms with Gasteiger partial charge in [-0.25, -0.2) is 9.56 Å². The molecule has 0 unspecified atom stereocenters. The number of rotatable bonds is 3. The highest BCUT2D eigenvalue weighted by Crippen LogP contribution is 2.41. The monoisotopic (exact) mass is 471 g/mol. The first-order chi connectivity index (χ1) is 16.4. The third-order valence-electron chi connectivity index (χ3n) is 6.80. The Labute approximate surface area is 194 Å². The minimum atomic E-state index is -4.43. The molecular formula is C25H26F3N4O2+. The van der Waals surface area contributed by atoms with Gasteiger partial charge < -0.3 is 19.8 Å². The van der Waals surface area contributed by atoms with Crippen molar-refractivity contribution in [2.75, 3.05) is 31.6 Å². The van der Waals surface area contributed by atoms with Gasteiger partial charge in [-0.1, -0.05) is 12.1 Å². The summed E-state index contributed by atoms with van der Waals surface area (Å²) in [5.74, 6) is 1.74. The zero-order valence-corrected chi connectivity index (χ0v) is 18.8. The Morgan fingerprint density at radius 1 is 1.18 bits per heavy atom. The zero-order chi connectivity index (χ0) is 23.4. The van der Waals surface area contributed by atoms with E-state index >= 15 is 0 Å². The Morgan fingerprint density at radius 3 is 2.79 bits per heavy atom. The largest absolute Gasteiger partial charge is 0.482 e. The number of aromatic amines is 1. The number of morpholine rings is 1. The van der Waals surface area contributed by atoms with Gasteiger partial charge in [-0.2, -0.15) is 13.2 Å². The van der Waals surface area contributed by atoms with Crippen LogP contribution in [0, 0.1) is 0 Å². The van der Waals surface area contributed by atoms with Crippen LogP contribution in [0.1, 0.15) is 48.7 Å². The van der Waals surface area contributed by atoms with E-state index in [1.807, 2.05) is 25.1 Å². The minimum Gasteiger partial charge on any atom is -0.482 e. The molecule has 0 radical (unpaired) electrons. The number of alkyl halides is 3. The standard InChI is InChI=1S/C25H26F3N4O2/c1-14-12-32(9-10-33-14)20-13-34-21-11-16(25(26,27)28)7-8-17(21)22(20)29-18-3-2-4-19-23(18)31-24(30-19)15-5-6-15/h2-4,7-8,11,14-15,22,29H,5-6,9-10,12-13H2,1H3,(H,30,31)/q+1/t14-,22+/m1/s1. The van der Waals surface area contributed by atoms with Gasteiger partial charge in [-0.15, -0.1) is 0 Å². The maximum atomic E-state index is 13.3. The lowest BCUT2D eigenvalue weighted by Crippen LogP contribution is -2.44. The Hall–Kier alpha value is -3.07. The minimum absolute atomic E-state index is 0.0618. The number of imidazole rings is 1. The average molecular weight is 472 g/mol.